The van der Waals surface area contributed by atoms with Crippen LogP contribution in [0.25, 0.3) is 0 Å². The fourth-order valence-electron chi connectivity index (χ4n) is 5.53. The van der Waals surface area contributed by atoms with Gasteiger partial charge in [-0.1, -0.05) is 62.7 Å². The summed E-state index contributed by atoms with van der Waals surface area (Å²) in [5.41, 5.74) is 0.448. The van der Waals surface area contributed by atoms with Crippen molar-refractivity contribution in [2.45, 2.75) is 81.4 Å². The number of aryl methyl sites for hydroxylation is 1. The van der Waals surface area contributed by atoms with Gasteiger partial charge in [0.05, 0.1) is 16.9 Å². The van der Waals surface area contributed by atoms with Crippen LogP contribution in [0.2, 0.25) is 0 Å². The summed E-state index contributed by atoms with van der Waals surface area (Å²) < 4.78 is 72.9. The minimum absolute atomic E-state index is 0.0575. The number of anilines is 1. The predicted octanol–water partition coefficient (Wildman–Crippen LogP) is 7.12. The van der Waals surface area contributed by atoms with Crippen LogP contribution in [0.4, 0.5) is 18.9 Å². The lowest BCUT2D eigenvalue weighted by atomic mass is 9.79. The first-order valence-corrected chi connectivity index (χ1v) is 15.3. The third-order valence-electron chi connectivity index (χ3n) is 7.53. The van der Waals surface area contributed by atoms with Gasteiger partial charge in [-0.2, -0.15) is 21.6 Å². The van der Waals surface area contributed by atoms with Crippen LogP contribution in [-0.4, -0.2) is 35.5 Å². The SMILES string of the molecule is CCC[C@@]1(CCc2ccccc2)CC(O)=C(C(CC)c2cccc(NS(=O)(=O)c3ccc(C(F)(F)F)cn3)c2)C(O)O1. The molecule has 226 valence electrons. The molecule has 0 radical (unpaired) electrons. The molecule has 2 aromatic carbocycles. The van der Waals surface area contributed by atoms with Gasteiger partial charge in [0.25, 0.3) is 10.0 Å². The van der Waals surface area contributed by atoms with Crippen molar-refractivity contribution < 1.29 is 36.5 Å². The molecule has 0 amide bonds. The Morgan fingerprint density at radius 3 is 2.40 bits per heavy atom. The quantitative estimate of drug-likeness (QED) is 0.215. The van der Waals surface area contributed by atoms with E-state index in [1.165, 1.54) is 6.07 Å². The average molecular weight is 605 g/mol. The summed E-state index contributed by atoms with van der Waals surface area (Å²) in [7, 11) is -4.29. The minimum atomic E-state index is -4.64. The molecule has 4 rings (SSSR count). The Balaban J connectivity index is 1.56. The lowest BCUT2D eigenvalue weighted by Crippen LogP contribution is -2.43. The maximum Gasteiger partial charge on any atom is 0.417 e. The van der Waals surface area contributed by atoms with Gasteiger partial charge in [-0.05, 0) is 61.1 Å². The lowest BCUT2D eigenvalue weighted by molar-refractivity contribution is -0.189. The molecule has 0 saturated carbocycles. The van der Waals surface area contributed by atoms with E-state index in [0.717, 1.165) is 24.5 Å². The van der Waals surface area contributed by atoms with Crippen molar-refractivity contribution in [3.8, 4) is 0 Å². The van der Waals surface area contributed by atoms with Gasteiger partial charge in [0, 0.05) is 29.8 Å². The molecule has 3 aromatic rings. The molecule has 42 heavy (non-hydrogen) atoms. The Morgan fingerprint density at radius 1 is 1.07 bits per heavy atom. The zero-order valence-corrected chi connectivity index (χ0v) is 24.3. The molecule has 0 spiro atoms. The van der Waals surface area contributed by atoms with Gasteiger partial charge in [0.15, 0.2) is 11.3 Å². The van der Waals surface area contributed by atoms with Crippen molar-refractivity contribution >= 4 is 15.7 Å². The van der Waals surface area contributed by atoms with E-state index >= 15 is 0 Å². The lowest BCUT2D eigenvalue weighted by Gasteiger charge is -2.42. The first-order chi connectivity index (χ1) is 19.9. The molecule has 2 unspecified atom stereocenters. The fourth-order valence-corrected chi connectivity index (χ4v) is 6.51. The van der Waals surface area contributed by atoms with E-state index < -0.39 is 44.6 Å². The summed E-state index contributed by atoms with van der Waals surface area (Å²) in [6.45, 7) is 3.90. The molecular weight excluding hydrogens is 569 g/mol. The van der Waals surface area contributed by atoms with Crippen molar-refractivity contribution in [2.24, 2.45) is 0 Å². The van der Waals surface area contributed by atoms with Crippen LogP contribution < -0.4 is 4.72 Å². The van der Waals surface area contributed by atoms with E-state index in [0.29, 0.717) is 42.7 Å². The molecule has 0 bridgehead atoms. The van der Waals surface area contributed by atoms with E-state index in [4.69, 9.17) is 4.74 Å². The van der Waals surface area contributed by atoms with Crippen LogP contribution in [0.3, 0.4) is 0 Å². The summed E-state index contributed by atoms with van der Waals surface area (Å²) in [6.07, 6.45) is -2.02. The van der Waals surface area contributed by atoms with Crippen LogP contribution in [-0.2, 0) is 27.4 Å². The van der Waals surface area contributed by atoms with E-state index in [1.54, 1.807) is 18.2 Å². The molecule has 1 aromatic heterocycles. The molecular formula is C31H35F3N2O5S. The molecule has 0 saturated heterocycles. The van der Waals surface area contributed by atoms with E-state index in [9.17, 15) is 31.8 Å². The van der Waals surface area contributed by atoms with Crippen molar-refractivity contribution in [3.63, 3.8) is 0 Å². The highest BCUT2D eigenvalue weighted by atomic mass is 32.2. The summed E-state index contributed by atoms with van der Waals surface area (Å²) >= 11 is 0. The molecule has 11 heteroatoms. The Hall–Kier alpha value is -3.41. The van der Waals surface area contributed by atoms with Crippen LogP contribution >= 0.6 is 0 Å². The number of aromatic nitrogens is 1. The maximum absolute atomic E-state index is 12.9. The molecule has 3 atom stereocenters. The van der Waals surface area contributed by atoms with Crippen LogP contribution in [0.15, 0.2) is 89.3 Å². The number of benzene rings is 2. The van der Waals surface area contributed by atoms with Crippen molar-refractivity contribution in [1.29, 1.82) is 0 Å². The number of hydrogen-bond donors (Lipinski definition) is 3. The van der Waals surface area contributed by atoms with Crippen LogP contribution in [0.1, 0.15) is 68.6 Å². The monoisotopic (exact) mass is 604 g/mol. The molecule has 0 fully saturated rings. The Bertz CT molecular complexity index is 1490. The Kier molecular flexibility index (Phi) is 9.64. The summed E-state index contributed by atoms with van der Waals surface area (Å²) in [5.74, 6) is -0.426. The number of halogens is 3. The number of pyridine rings is 1. The number of aliphatic hydroxyl groups is 2. The summed E-state index contributed by atoms with van der Waals surface area (Å²) in [5, 5.41) is 21.9. The second kappa shape index (κ2) is 12.8. The molecule has 0 aliphatic carbocycles. The smallest absolute Gasteiger partial charge is 0.417 e. The van der Waals surface area contributed by atoms with E-state index in [2.05, 4.69) is 9.71 Å². The van der Waals surface area contributed by atoms with Gasteiger partial charge in [0.2, 0.25) is 0 Å². The Labute approximate surface area is 244 Å². The standard InChI is InChI=1S/C31H35F3N2O5S/c1-3-16-30(17-15-21-9-6-5-7-10-21)19-26(37)28(29(38)41-30)25(4-2)22-11-8-12-24(18-22)36-42(39,40)27-14-13-23(20-35-27)31(32,33)34/h5-14,18,20,25,29,36-38H,3-4,15-17,19H2,1-2H3/t25?,29?,30-/m1/s1. The van der Waals surface area contributed by atoms with Gasteiger partial charge in [-0.3, -0.25) is 4.72 Å². The summed E-state index contributed by atoms with van der Waals surface area (Å²) in [6, 6.07) is 17.8. The first kappa shape index (κ1) is 31.5. The third kappa shape index (κ3) is 7.32. The van der Waals surface area contributed by atoms with Gasteiger partial charge >= 0.3 is 6.18 Å². The highest BCUT2D eigenvalue weighted by molar-refractivity contribution is 7.92. The number of alkyl halides is 3. The maximum atomic E-state index is 12.9. The summed E-state index contributed by atoms with van der Waals surface area (Å²) in [4.78, 5) is 3.48. The van der Waals surface area contributed by atoms with Gasteiger partial charge in [0.1, 0.15) is 0 Å². The normalized spacial score (nSPS) is 20.4. The average Bonchev–Trinajstić information content (AvgIpc) is 2.94. The third-order valence-corrected chi connectivity index (χ3v) is 8.83. The first-order valence-electron chi connectivity index (χ1n) is 13.8. The van der Waals surface area contributed by atoms with E-state index in [1.807, 2.05) is 44.2 Å². The topological polar surface area (TPSA) is 109 Å². The molecule has 3 N–H and O–H groups in total. The molecule has 1 aliphatic heterocycles. The highest BCUT2D eigenvalue weighted by Gasteiger charge is 2.42. The largest absolute Gasteiger partial charge is 0.512 e. The van der Waals surface area contributed by atoms with Crippen molar-refractivity contribution in [1.82, 2.24) is 4.98 Å². The van der Waals surface area contributed by atoms with Crippen molar-refractivity contribution in [2.75, 3.05) is 4.72 Å². The zero-order valence-electron chi connectivity index (χ0n) is 23.4. The molecule has 2 heterocycles. The second-order valence-corrected chi connectivity index (χ2v) is 12.2. The number of nitrogens with one attached hydrogen (secondary N) is 1. The number of nitrogens with zero attached hydrogens (tertiary/aromatic N) is 1. The number of sulfonamides is 1. The highest BCUT2D eigenvalue weighted by Crippen LogP contribution is 2.44. The number of rotatable bonds is 11. The Morgan fingerprint density at radius 2 is 1.81 bits per heavy atom. The van der Waals surface area contributed by atoms with Gasteiger partial charge in [-0.25, -0.2) is 4.98 Å². The number of ether oxygens (including phenoxy) is 1. The number of hydrogen-bond acceptors (Lipinski definition) is 6. The predicted molar refractivity (Wildman–Crippen MR) is 153 cm³/mol. The fraction of sp³-hybridized carbons (Fsp3) is 0.387. The van der Waals surface area contributed by atoms with E-state index in [-0.39, 0.29) is 17.9 Å². The number of aliphatic hydroxyl groups excluding tert-OH is 2. The van der Waals surface area contributed by atoms with Crippen LogP contribution in [0, 0.1) is 0 Å². The molecule has 1 aliphatic rings. The van der Waals surface area contributed by atoms with Crippen molar-refractivity contribution in [3.05, 3.63) is 101 Å². The minimum Gasteiger partial charge on any atom is -0.512 e. The molecule has 7 nitrogen and oxygen atoms in total. The second-order valence-electron chi connectivity index (χ2n) is 10.5. The van der Waals surface area contributed by atoms with Gasteiger partial charge < -0.3 is 14.9 Å². The zero-order chi connectivity index (χ0) is 30.5. The van der Waals surface area contributed by atoms with Crippen LogP contribution in [0.5, 0.6) is 0 Å². The van der Waals surface area contributed by atoms with Gasteiger partial charge in [-0.15, -0.1) is 0 Å².